The molecule has 0 unspecified atom stereocenters. The second-order valence-electron chi connectivity index (χ2n) is 4.35. The number of halogens is 1. The molecular weight excluding hydrogens is 296 g/mol. The van der Waals surface area contributed by atoms with Crippen LogP contribution in [0.15, 0.2) is 36.4 Å². The predicted molar refractivity (Wildman–Crippen MR) is 78.9 cm³/mol. The normalized spacial score (nSPS) is 10.2. The van der Waals surface area contributed by atoms with Crippen LogP contribution in [-0.2, 0) is 0 Å². The van der Waals surface area contributed by atoms with Crippen LogP contribution in [0.1, 0.15) is 15.9 Å². The van der Waals surface area contributed by atoms with Gasteiger partial charge in [-0.2, -0.15) is 0 Å². The first-order chi connectivity index (χ1) is 9.90. The molecule has 0 aliphatic rings. The van der Waals surface area contributed by atoms with E-state index in [1.165, 1.54) is 30.3 Å². The van der Waals surface area contributed by atoms with E-state index in [0.29, 0.717) is 11.3 Å². The van der Waals surface area contributed by atoms with Crippen molar-refractivity contribution in [3.8, 4) is 5.75 Å². The fraction of sp³-hybridized carbons (Fsp3) is 0.0714. The standard InChI is InChI=1S/C14H11ClN2O4/c1-8-3-2-4-11(17(20)21)13(8)14(19)16-9-5-6-12(18)10(15)7-9/h2-7,18H,1H3,(H,16,19). The highest BCUT2D eigenvalue weighted by Crippen LogP contribution is 2.27. The van der Waals surface area contributed by atoms with E-state index in [1.807, 2.05) is 0 Å². The van der Waals surface area contributed by atoms with Crippen LogP contribution in [0.4, 0.5) is 11.4 Å². The van der Waals surface area contributed by atoms with Gasteiger partial charge in [0.25, 0.3) is 11.6 Å². The summed E-state index contributed by atoms with van der Waals surface area (Å²) in [6.07, 6.45) is 0. The van der Waals surface area contributed by atoms with Gasteiger partial charge in [0.15, 0.2) is 0 Å². The third-order valence-corrected chi connectivity index (χ3v) is 3.18. The highest BCUT2D eigenvalue weighted by molar-refractivity contribution is 6.32. The van der Waals surface area contributed by atoms with Crippen molar-refractivity contribution in [1.29, 1.82) is 0 Å². The lowest BCUT2D eigenvalue weighted by Crippen LogP contribution is -2.15. The summed E-state index contributed by atoms with van der Waals surface area (Å²) in [7, 11) is 0. The summed E-state index contributed by atoms with van der Waals surface area (Å²) in [4.78, 5) is 22.6. The molecule has 0 heterocycles. The maximum atomic E-state index is 12.2. The Hall–Kier alpha value is -2.60. The molecule has 2 N–H and O–H groups in total. The van der Waals surface area contributed by atoms with Gasteiger partial charge in [-0.15, -0.1) is 0 Å². The predicted octanol–water partition coefficient (Wildman–Crippen LogP) is 3.51. The minimum absolute atomic E-state index is 0.00769. The summed E-state index contributed by atoms with van der Waals surface area (Å²) < 4.78 is 0. The van der Waals surface area contributed by atoms with E-state index in [9.17, 15) is 20.0 Å². The van der Waals surface area contributed by atoms with Gasteiger partial charge in [0.05, 0.1) is 9.95 Å². The number of nitrogens with zero attached hydrogens (tertiary/aromatic N) is 1. The molecule has 0 aromatic heterocycles. The largest absolute Gasteiger partial charge is 0.506 e. The summed E-state index contributed by atoms with van der Waals surface area (Å²) >= 11 is 5.75. The lowest BCUT2D eigenvalue weighted by molar-refractivity contribution is -0.385. The zero-order valence-electron chi connectivity index (χ0n) is 11.0. The second kappa shape index (κ2) is 5.80. The Bertz CT molecular complexity index is 731. The van der Waals surface area contributed by atoms with Gasteiger partial charge in [-0.3, -0.25) is 14.9 Å². The molecule has 0 fully saturated rings. The first kappa shape index (κ1) is 14.8. The van der Waals surface area contributed by atoms with Gasteiger partial charge < -0.3 is 10.4 Å². The minimum atomic E-state index is -0.610. The van der Waals surface area contributed by atoms with Gasteiger partial charge in [0.2, 0.25) is 0 Å². The van der Waals surface area contributed by atoms with Crippen LogP contribution in [0.5, 0.6) is 5.75 Å². The highest BCUT2D eigenvalue weighted by atomic mass is 35.5. The van der Waals surface area contributed by atoms with Gasteiger partial charge in [-0.1, -0.05) is 23.7 Å². The van der Waals surface area contributed by atoms with E-state index in [2.05, 4.69) is 5.32 Å². The number of benzene rings is 2. The fourth-order valence-corrected chi connectivity index (χ4v) is 2.06. The van der Waals surface area contributed by atoms with Gasteiger partial charge >= 0.3 is 0 Å². The van der Waals surface area contributed by atoms with Crippen LogP contribution in [0.2, 0.25) is 5.02 Å². The molecule has 2 rings (SSSR count). The number of nitrogens with one attached hydrogen (secondary N) is 1. The van der Waals surface area contributed by atoms with Crippen molar-refractivity contribution in [3.05, 3.63) is 62.7 Å². The number of phenols is 1. The summed E-state index contributed by atoms with van der Waals surface area (Å²) in [6.45, 7) is 1.62. The lowest BCUT2D eigenvalue weighted by atomic mass is 10.1. The van der Waals surface area contributed by atoms with Crippen molar-refractivity contribution in [2.24, 2.45) is 0 Å². The number of amides is 1. The molecule has 7 heteroatoms. The van der Waals surface area contributed by atoms with Crippen LogP contribution in [0, 0.1) is 17.0 Å². The Morgan fingerprint density at radius 1 is 1.33 bits per heavy atom. The SMILES string of the molecule is Cc1cccc([N+](=O)[O-])c1C(=O)Nc1ccc(O)c(Cl)c1. The number of anilines is 1. The van der Waals surface area contributed by atoms with E-state index >= 15 is 0 Å². The third kappa shape index (κ3) is 3.11. The number of carbonyl (C=O) groups excluding carboxylic acids is 1. The monoisotopic (exact) mass is 306 g/mol. The molecule has 0 saturated heterocycles. The Morgan fingerprint density at radius 3 is 2.67 bits per heavy atom. The van der Waals surface area contributed by atoms with Gasteiger partial charge in [0, 0.05) is 11.8 Å². The van der Waals surface area contributed by atoms with E-state index in [4.69, 9.17) is 11.6 Å². The number of nitro groups is 1. The maximum Gasteiger partial charge on any atom is 0.282 e. The van der Waals surface area contributed by atoms with Crippen LogP contribution in [0.25, 0.3) is 0 Å². The fourth-order valence-electron chi connectivity index (χ4n) is 1.88. The molecule has 0 spiro atoms. The summed E-state index contributed by atoms with van der Waals surface area (Å²) in [5, 5.41) is 22.9. The van der Waals surface area contributed by atoms with Gasteiger partial charge in [-0.05, 0) is 30.7 Å². The molecule has 1 amide bonds. The average Bonchev–Trinajstić information content (AvgIpc) is 2.42. The van der Waals surface area contributed by atoms with Crippen molar-refractivity contribution in [3.63, 3.8) is 0 Å². The maximum absolute atomic E-state index is 12.2. The van der Waals surface area contributed by atoms with Crippen molar-refractivity contribution in [1.82, 2.24) is 0 Å². The van der Waals surface area contributed by atoms with Crippen molar-refractivity contribution in [2.45, 2.75) is 6.92 Å². The number of aryl methyl sites for hydroxylation is 1. The van der Waals surface area contributed by atoms with E-state index in [0.717, 1.165) is 0 Å². The molecule has 6 nitrogen and oxygen atoms in total. The average molecular weight is 307 g/mol. The van der Waals surface area contributed by atoms with Crippen molar-refractivity contribution in [2.75, 3.05) is 5.32 Å². The topological polar surface area (TPSA) is 92.5 Å². The molecule has 21 heavy (non-hydrogen) atoms. The van der Waals surface area contributed by atoms with Gasteiger partial charge in [-0.25, -0.2) is 0 Å². The Morgan fingerprint density at radius 2 is 2.05 bits per heavy atom. The summed E-state index contributed by atoms with van der Waals surface area (Å²) in [5.41, 5.74) is 0.552. The highest BCUT2D eigenvalue weighted by Gasteiger charge is 2.22. The van der Waals surface area contributed by atoms with E-state index in [1.54, 1.807) is 13.0 Å². The molecule has 0 radical (unpaired) electrons. The van der Waals surface area contributed by atoms with Crippen LogP contribution in [-0.4, -0.2) is 15.9 Å². The minimum Gasteiger partial charge on any atom is -0.506 e. The summed E-state index contributed by atoms with van der Waals surface area (Å²) in [6, 6.07) is 8.53. The van der Waals surface area contributed by atoms with E-state index < -0.39 is 10.8 Å². The Labute approximate surface area is 125 Å². The molecule has 2 aromatic rings. The summed E-state index contributed by atoms with van der Waals surface area (Å²) in [5.74, 6) is -0.724. The molecule has 108 valence electrons. The first-order valence-electron chi connectivity index (χ1n) is 5.94. The number of phenolic OH excluding ortho intramolecular Hbond substituents is 1. The van der Waals surface area contributed by atoms with Crippen molar-refractivity contribution < 1.29 is 14.8 Å². The lowest BCUT2D eigenvalue weighted by Gasteiger charge is -2.09. The third-order valence-electron chi connectivity index (χ3n) is 2.88. The number of carbonyl (C=O) groups is 1. The van der Waals surface area contributed by atoms with Crippen LogP contribution in [0.3, 0.4) is 0 Å². The van der Waals surface area contributed by atoms with Crippen LogP contribution >= 0.6 is 11.6 Å². The Balaban J connectivity index is 2.36. The number of aromatic hydroxyl groups is 1. The molecular formula is C14H11ClN2O4. The zero-order valence-corrected chi connectivity index (χ0v) is 11.7. The molecule has 0 bridgehead atoms. The second-order valence-corrected chi connectivity index (χ2v) is 4.75. The van der Waals surface area contributed by atoms with E-state index in [-0.39, 0.29) is 22.0 Å². The molecule has 0 atom stereocenters. The van der Waals surface area contributed by atoms with Crippen molar-refractivity contribution >= 4 is 28.9 Å². The number of nitro benzene ring substituents is 1. The number of rotatable bonds is 3. The quantitative estimate of drug-likeness (QED) is 0.515. The molecule has 0 aliphatic carbocycles. The zero-order chi connectivity index (χ0) is 15.6. The molecule has 0 saturated carbocycles. The van der Waals surface area contributed by atoms with Crippen LogP contribution < -0.4 is 5.32 Å². The number of hydrogen-bond acceptors (Lipinski definition) is 4. The van der Waals surface area contributed by atoms with Gasteiger partial charge in [0.1, 0.15) is 11.3 Å². The number of hydrogen-bond donors (Lipinski definition) is 2. The molecule has 2 aromatic carbocycles. The Kier molecular flexibility index (Phi) is 4.09. The smallest absolute Gasteiger partial charge is 0.282 e. The molecule has 0 aliphatic heterocycles. The first-order valence-corrected chi connectivity index (χ1v) is 6.32.